The molecule has 7 heteroatoms. The Morgan fingerprint density at radius 1 is 1.19 bits per heavy atom. The van der Waals surface area contributed by atoms with Crippen LogP contribution in [0.2, 0.25) is 0 Å². The van der Waals surface area contributed by atoms with Gasteiger partial charge in [-0.1, -0.05) is 15.9 Å². The topological polar surface area (TPSA) is 72.2 Å². The Bertz CT molecular complexity index is 784. The largest absolute Gasteiger partial charge is 0.398 e. The minimum absolute atomic E-state index is 0.0994. The maximum absolute atomic E-state index is 13.6. The SMILES string of the molecule is Cc1cc(NS(=O)(=O)c2cc(N)c(C)c(F)c2)ccc1Br. The highest BCUT2D eigenvalue weighted by Crippen LogP contribution is 2.25. The number of nitrogens with two attached hydrogens (primary N) is 1. The first-order valence-corrected chi connectivity index (χ1v) is 8.33. The normalized spacial score (nSPS) is 11.4. The molecule has 0 radical (unpaired) electrons. The highest BCUT2D eigenvalue weighted by atomic mass is 79.9. The molecular weight excluding hydrogens is 359 g/mol. The number of halogens is 2. The van der Waals surface area contributed by atoms with Gasteiger partial charge in [0.1, 0.15) is 5.82 Å². The van der Waals surface area contributed by atoms with Crippen molar-refractivity contribution in [1.82, 2.24) is 0 Å². The molecule has 112 valence electrons. The first-order valence-electron chi connectivity index (χ1n) is 6.05. The minimum atomic E-state index is -3.89. The molecule has 0 aliphatic carbocycles. The summed E-state index contributed by atoms with van der Waals surface area (Å²) < 4.78 is 41.5. The number of sulfonamides is 1. The van der Waals surface area contributed by atoms with Gasteiger partial charge in [-0.2, -0.15) is 0 Å². The summed E-state index contributed by atoms with van der Waals surface area (Å²) in [6, 6.07) is 7.22. The first-order chi connectivity index (χ1) is 9.70. The fraction of sp³-hybridized carbons (Fsp3) is 0.143. The van der Waals surface area contributed by atoms with Crippen molar-refractivity contribution in [2.45, 2.75) is 18.7 Å². The molecule has 0 heterocycles. The van der Waals surface area contributed by atoms with Crippen LogP contribution in [0.4, 0.5) is 15.8 Å². The Balaban J connectivity index is 2.40. The summed E-state index contributed by atoms with van der Waals surface area (Å²) in [6.07, 6.45) is 0. The third-order valence-corrected chi connectivity index (χ3v) is 5.33. The molecule has 4 nitrogen and oxygen atoms in total. The van der Waals surface area contributed by atoms with E-state index in [1.54, 1.807) is 18.2 Å². The monoisotopic (exact) mass is 372 g/mol. The second-order valence-electron chi connectivity index (χ2n) is 4.69. The van der Waals surface area contributed by atoms with E-state index in [0.29, 0.717) is 5.69 Å². The molecule has 0 aromatic heterocycles. The first kappa shape index (κ1) is 15.8. The van der Waals surface area contributed by atoms with Crippen molar-refractivity contribution in [3.05, 3.63) is 51.7 Å². The van der Waals surface area contributed by atoms with Crippen LogP contribution >= 0.6 is 15.9 Å². The van der Waals surface area contributed by atoms with E-state index in [1.165, 1.54) is 13.0 Å². The number of hydrogen-bond acceptors (Lipinski definition) is 3. The summed E-state index contributed by atoms with van der Waals surface area (Å²) in [6.45, 7) is 3.33. The van der Waals surface area contributed by atoms with Crippen LogP contribution in [-0.4, -0.2) is 8.42 Å². The van der Waals surface area contributed by atoms with Gasteiger partial charge in [0.05, 0.1) is 4.90 Å². The van der Waals surface area contributed by atoms with Crippen LogP contribution in [0.25, 0.3) is 0 Å². The Morgan fingerprint density at radius 2 is 1.86 bits per heavy atom. The van der Waals surface area contributed by atoms with Gasteiger partial charge >= 0.3 is 0 Å². The third kappa shape index (κ3) is 3.36. The molecule has 2 rings (SSSR count). The van der Waals surface area contributed by atoms with Crippen LogP contribution < -0.4 is 10.5 Å². The zero-order valence-corrected chi connectivity index (χ0v) is 13.8. The van der Waals surface area contributed by atoms with E-state index in [1.807, 2.05) is 6.92 Å². The lowest BCUT2D eigenvalue weighted by Crippen LogP contribution is -2.14. The Kier molecular flexibility index (Phi) is 4.25. The standard InChI is InChI=1S/C14H14BrFN2O2S/c1-8-5-10(3-4-12(8)15)18-21(19,20)11-6-13(16)9(2)14(17)7-11/h3-7,18H,17H2,1-2H3. The molecule has 0 saturated heterocycles. The summed E-state index contributed by atoms with van der Waals surface area (Å²) in [7, 11) is -3.89. The van der Waals surface area contributed by atoms with Crippen molar-refractivity contribution >= 4 is 37.3 Å². The van der Waals surface area contributed by atoms with Crippen LogP contribution in [0.15, 0.2) is 39.7 Å². The van der Waals surface area contributed by atoms with E-state index in [0.717, 1.165) is 16.1 Å². The number of anilines is 2. The van der Waals surface area contributed by atoms with E-state index in [4.69, 9.17) is 5.73 Å². The molecule has 0 unspecified atom stereocenters. The average molecular weight is 373 g/mol. The Morgan fingerprint density at radius 3 is 2.43 bits per heavy atom. The zero-order valence-electron chi connectivity index (χ0n) is 11.4. The second-order valence-corrected chi connectivity index (χ2v) is 7.23. The summed E-state index contributed by atoms with van der Waals surface area (Å²) in [5.41, 5.74) is 7.22. The fourth-order valence-corrected chi connectivity index (χ4v) is 3.09. The smallest absolute Gasteiger partial charge is 0.262 e. The van der Waals surface area contributed by atoms with Crippen LogP contribution in [0.1, 0.15) is 11.1 Å². The van der Waals surface area contributed by atoms with E-state index < -0.39 is 15.8 Å². The lowest BCUT2D eigenvalue weighted by Gasteiger charge is -2.11. The van der Waals surface area contributed by atoms with E-state index in [9.17, 15) is 12.8 Å². The van der Waals surface area contributed by atoms with Gasteiger partial charge in [0.25, 0.3) is 10.0 Å². The van der Waals surface area contributed by atoms with Gasteiger partial charge in [0.15, 0.2) is 0 Å². The third-order valence-electron chi connectivity index (χ3n) is 3.08. The maximum Gasteiger partial charge on any atom is 0.262 e. The molecule has 0 bridgehead atoms. The molecule has 3 N–H and O–H groups in total. The summed E-state index contributed by atoms with van der Waals surface area (Å²) in [5.74, 6) is -0.651. The molecule has 2 aromatic rings. The predicted octanol–water partition coefficient (Wildman–Crippen LogP) is 3.59. The lowest BCUT2D eigenvalue weighted by molar-refractivity contribution is 0.593. The maximum atomic E-state index is 13.6. The van der Waals surface area contributed by atoms with Crippen molar-refractivity contribution in [3.8, 4) is 0 Å². The summed E-state index contributed by atoms with van der Waals surface area (Å²) in [4.78, 5) is -0.205. The number of nitrogen functional groups attached to an aromatic ring is 1. The Hall–Kier alpha value is -1.60. The number of hydrogen-bond donors (Lipinski definition) is 2. The van der Waals surface area contributed by atoms with Gasteiger partial charge in [-0.05, 0) is 49.7 Å². The van der Waals surface area contributed by atoms with E-state index in [-0.39, 0.29) is 16.1 Å². The molecule has 0 fully saturated rings. The molecule has 0 saturated carbocycles. The number of aryl methyl sites for hydroxylation is 1. The highest BCUT2D eigenvalue weighted by Gasteiger charge is 2.18. The second kappa shape index (κ2) is 5.65. The van der Waals surface area contributed by atoms with Crippen molar-refractivity contribution in [2.75, 3.05) is 10.5 Å². The van der Waals surface area contributed by atoms with E-state index >= 15 is 0 Å². The quantitative estimate of drug-likeness (QED) is 0.808. The summed E-state index contributed by atoms with van der Waals surface area (Å²) in [5, 5.41) is 0. The molecular formula is C14H14BrFN2O2S. The Labute approximate surface area is 131 Å². The van der Waals surface area contributed by atoms with Crippen LogP contribution in [0, 0.1) is 19.7 Å². The van der Waals surface area contributed by atoms with Crippen LogP contribution in [0.3, 0.4) is 0 Å². The van der Waals surface area contributed by atoms with Gasteiger partial charge in [0, 0.05) is 21.4 Å². The molecule has 0 aliphatic rings. The van der Waals surface area contributed by atoms with Gasteiger partial charge in [-0.25, -0.2) is 12.8 Å². The molecule has 0 amide bonds. The number of benzene rings is 2. The van der Waals surface area contributed by atoms with Gasteiger partial charge in [-0.15, -0.1) is 0 Å². The van der Waals surface area contributed by atoms with Gasteiger partial charge < -0.3 is 5.73 Å². The summed E-state index contributed by atoms with van der Waals surface area (Å²) >= 11 is 3.34. The number of nitrogens with one attached hydrogen (secondary N) is 1. The van der Waals surface area contributed by atoms with Crippen molar-refractivity contribution in [3.63, 3.8) is 0 Å². The fourth-order valence-electron chi connectivity index (χ4n) is 1.75. The van der Waals surface area contributed by atoms with Crippen LogP contribution in [0.5, 0.6) is 0 Å². The van der Waals surface area contributed by atoms with Crippen LogP contribution in [-0.2, 0) is 10.0 Å². The molecule has 0 aliphatic heterocycles. The predicted molar refractivity (Wildman–Crippen MR) is 85.2 cm³/mol. The average Bonchev–Trinajstić information content (AvgIpc) is 2.39. The zero-order chi connectivity index (χ0) is 15.8. The van der Waals surface area contributed by atoms with Crippen molar-refractivity contribution < 1.29 is 12.8 Å². The van der Waals surface area contributed by atoms with Crippen molar-refractivity contribution in [1.29, 1.82) is 0 Å². The van der Waals surface area contributed by atoms with Gasteiger partial charge in [0.2, 0.25) is 0 Å². The molecule has 0 atom stereocenters. The lowest BCUT2D eigenvalue weighted by atomic mass is 10.2. The van der Waals surface area contributed by atoms with E-state index in [2.05, 4.69) is 20.7 Å². The molecule has 2 aromatic carbocycles. The van der Waals surface area contributed by atoms with Gasteiger partial charge in [-0.3, -0.25) is 4.72 Å². The molecule has 0 spiro atoms. The van der Waals surface area contributed by atoms with Crippen molar-refractivity contribution in [2.24, 2.45) is 0 Å². The molecule has 21 heavy (non-hydrogen) atoms. The minimum Gasteiger partial charge on any atom is -0.398 e. The highest BCUT2D eigenvalue weighted by molar-refractivity contribution is 9.10. The number of rotatable bonds is 3.